The number of para-hydroxylation sites is 1. The zero-order valence-electron chi connectivity index (χ0n) is 17.0. The molecule has 0 unspecified atom stereocenters. The van der Waals surface area contributed by atoms with Crippen molar-refractivity contribution in [1.29, 1.82) is 0 Å². The lowest BCUT2D eigenvalue weighted by molar-refractivity contribution is -0.115. The number of rotatable bonds is 8. The number of methoxy groups -OCH3 is 1. The summed E-state index contributed by atoms with van der Waals surface area (Å²) in [6.07, 6.45) is 0.800. The second-order valence-corrected chi connectivity index (χ2v) is 7.31. The summed E-state index contributed by atoms with van der Waals surface area (Å²) in [5, 5.41) is 2.39. The molecule has 2 amide bonds. The van der Waals surface area contributed by atoms with Crippen molar-refractivity contribution in [2.24, 2.45) is 5.73 Å². The third-order valence-corrected chi connectivity index (χ3v) is 5.36. The van der Waals surface area contributed by atoms with Crippen molar-refractivity contribution in [3.63, 3.8) is 0 Å². The van der Waals surface area contributed by atoms with E-state index in [4.69, 9.17) is 15.2 Å². The number of benzene rings is 2. The number of aryl methyl sites for hydroxylation is 1. The third kappa shape index (κ3) is 4.60. The van der Waals surface area contributed by atoms with Gasteiger partial charge < -0.3 is 15.2 Å². The first-order valence-electron chi connectivity index (χ1n) is 9.38. The van der Waals surface area contributed by atoms with Crippen molar-refractivity contribution < 1.29 is 19.1 Å². The molecule has 8 heteroatoms. The summed E-state index contributed by atoms with van der Waals surface area (Å²) in [5.41, 5.74) is 8.19. The standard InChI is InChI=1S/C22H23N3O4S/c1-4-15-7-5-6-8-19(15)25(14(2)26)22-24-16(13-30-22)12-29-20-10-9-17(28-3)11-18(20)21(23)27/h5-11,13H,4,12H2,1-3H3,(H2,23,27). The molecule has 0 aliphatic carbocycles. The molecule has 3 aromatic rings. The van der Waals surface area contributed by atoms with E-state index in [-0.39, 0.29) is 18.1 Å². The van der Waals surface area contributed by atoms with Crippen LogP contribution < -0.4 is 20.1 Å². The summed E-state index contributed by atoms with van der Waals surface area (Å²) in [6.45, 7) is 3.69. The van der Waals surface area contributed by atoms with Crippen LogP contribution in [0.25, 0.3) is 0 Å². The van der Waals surface area contributed by atoms with Crippen LogP contribution in [0.5, 0.6) is 11.5 Å². The fraction of sp³-hybridized carbons (Fsp3) is 0.227. The van der Waals surface area contributed by atoms with Crippen molar-refractivity contribution in [2.45, 2.75) is 26.9 Å². The van der Waals surface area contributed by atoms with E-state index in [2.05, 4.69) is 4.98 Å². The van der Waals surface area contributed by atoms with Crippen LogP contribution in [0.3, 0.4) is 0 Å². The number of carbonyl (C=O) groups excluding carboxylic acids is 2. The fourth-order valence-electron chi connectivity index (χ4n) is 3.01. The molecule has 0 saturated heterocycles. The van der Waals surface area contributed by atoms with Gasteiger partial charge in [0.25, 0.3) is 5.91 Å². The van der Waals surface area contributed by atoms with Gasteiger partial charge in [-0.3, -0.25) is 14.5 Å². The van der Waals surface area contributed by atoms with E-state index in [1.165, 1.54) is 31.4 Å². The zero-order valence-corrected chi connectivity index (χ0v) is 17.9. The highest BCUT2D eigenvalue weighted by molar-refractivity contribution is 7.14. The molecule has 7 nitrogen and oxygen atoms in total. The largest absolute Gasteiger partial charge is 0.497 e. The quantitative estimate of drug-likeness (QED) is 0.587. The van der Waals surface area contributed by atoms with Crippen LogP contribution in [0.1, 0.15) is 35.5 Å². The monoisotopic (exact) mass is 425 g/mol. The highest BCUT2D eigenvalue weighted by atomic mass is 32.1. The molecule has 2 aromatic carbocycles. The second kappa shape index (κ2) is 9.41. The van der Waals surface area contributed by atoms with Crippen molar-refractivity contribution in [3.8, 4) is 11.5 Å². The highest BCUT2D eigenvalue weighted by Crippen LogP contribution is 2.32. The first kappa shape index (κ1) is 21.3. The Morgan fingerprint density at radius 1 is 1.20 bits per heavy atom. The van der Waals surface area contributed by atoms with E-state index < -0.39 is 5.91 Å². The topological polar surface area (TPSA) is 94.8 Å². The van der Waals surface area contributed by atoms with Gasteiger partial charge in [0.05, 0.1) is 24.1 Å². The van der Waals surface area contributed by atoms with E-state index in [0.717, 1.165) is 17.7 Å². The summed E-state index contributed by atoms with van der Waals surface area (Å²) < 4.78 is 10.9. The molecule has 156 valence electrons. The number of primary amides is 1. The number of thiazole rings is 1. The van der Waals surface area contributed by atoms with Gasteiger partial charge in [-0.1, -0.05) is 25.1 Å². The van der Waals surface area contributed by atoms with Gasteiger partial charge in [-0.2, -0.15) is 0 Å². The number of aromatic nitrogens is 1. The van der Waals surface area contributed by atoms with Gasteiger partial charge in [0.1, 0.15) is 18.1 Å². The van der Waals surface area contributed by atoms with Crippen molar-refractivity contribution in [2.75, 3.05) is 12.0 Å². The highest BCUT2D eigenvalue weighted by Gasteiger charge is 2.20. The Bertz CT molecular complexity index is 1060. The SMILES string of the molecule is CCc1ccccc1N(C(C)=O)c1nc(COc2ccc(OC)cc2C(N)=O)cs1. The minimum atomic E-state index is -0.609. The Hall–Kier alpha value is -3.39. The summed E-state index contributed by atoms with van der Waals surface area (Å²) in [6, 6.07) is 12.6. The van der Waals surface area contributed by atoms with Crippen molar-refractivity contribution in [3.05, 3.63) is 64.7 Å². The number of anilines is 2. The average molecular weight is 426 g/mol. The zero-order chi connectivity index (χ0) is 21.7. The lowest BCUT2D eigenvalue weighted by Crippen LogP contribution is -2.23. The number of hydrogen-bond acceptors (Lipinski definition) is 6. The molecule has 0 radical (unpaired) electrons. The average Bonchev–Trinajstić information content (AvgIpc) is 3.20. The number of amides is 2. The molecule has 1 aromatic heterocycles. The summed E-state index contributed by atoms with van der Waals surface area (Å²) in [5.74, 6) is 0.127. The molecule has 30 heavy (non-hydrogen) atoms. The predicted molar refractivity (Wildman–Crippen MR) is 117 cm³/mol. The summed E-state index contributed by atoms with van der Waals surface area (Å²) in [4.78, 5) is 30.3. The number of nitrogens with zero attached hydrogens (tertiary/aromatic N) is 2. The lowest BCUT2D eigenvalue weighted by Gasteiger charge is -2.21. The Labute approximate surface area is 179 Å². The van der Waals surface area contributed by atoms with Crippen LogP contribution >= 0.6 is 11.3 Å². The molecule has 0 atom stereocenters. The van der Waals surface area contributed by atoms with E-state index in [1.807, 2.05) is 36.6 Å². The molecule has 0 saturated carbocycles. The maximum atomic E-state index is 12.4. The van der Waals surface area contributed by atoms with Gasteiger partial charge in [0.2, 0.25) is 5.91 Å². The van der Waals surface area contributed by atoms with Gasteiger partial charge in [0, 0.05) is 12.3 Å². The fourth-order valence-corrected chi connectivity index (χ4v) is 3.87. The Morgan fingerprint density at radius 3 is 2.63 bits per heavy atom. The molecule has 1 heterocycles. The van der Waals surface area contributed by atoms with Crippen molar-refractivity contribution >= 4 is 34.0 Å². The molecule has 0 aliphatic heterocycles. The number of hydrogen-bond donors (Lipinski definition) is 1. The minimum absolute atomic E-state index is 0.121. The van der Waals surface area contributed by atoms with Crippen LogP contribution in [0.15, 0.2) is 47.8 Å². The number of ether oxygens (including phenoxy) is 2. The predicted octanol–water partition coefficient (Wildman–Crippen LogP) is 4.08. The normalized spacial score (nSPS) is 10.5. The Balaban J connectivity index is 1.82. The molecule has 0 spiro atoms. The van der Waals surface area contributed by atoms with Crippen LogP contribution in [0, 0.1) is 0 Å². The lowest BCUT2D eigenvalue weighted by atomic mass is 10.1. The van der Waals surface area contributed by atoms with Gasteiger partial charge >= 0.3 is 0 Å². The van der Waals surface area contributed by atoms with E-state index >= 15 is 0 Å². The Kier molecular flexibility index (Phi) is 6.68. The maximum Gasteiger partial charge on any atom is 0.252 e. The number of nitrogens with two attached hydrogens (primary N) is 1. The van der Waals surface area contributed by atoms with Crippen LogP contribution in [0.2, 0.25) is 0 Å². The molecule has 0 bridgehead atoms. The molecule has 0 aliphatic rings. The second-order valence-electron chi connectivity index (χ2n) is 6.47. The first-order chi connectivity index (χ1) is 14.4. The third-order valence-electron chi connectivity index (χ3n) is 4.49. The molecular weight excluding hydrogens is 402 g/mol. The van der Waals surface area contributed by atoms with Crippen LogP contribution in [-0.2, 0) is 17.8 Å². The number of carbonyl (C=O) groups is 2. The summed E-state index contributed by atoms with van der Waals surface area (Å²) in [7, 11) is 1.51. The van der Waals surface area contributed by atoms with Gasteiger partial charge in [0.15, 0.2) is 5.13 Å². The first-order valence-corrected chi connectivity index (χ1v) is 10.3. The van der Waals surface area contributed by atoms with E-state index in [9.17, 15) is 9.59 Å². The molecule has 2 N–H and O–H groups in total. The molecular formula is C22H23N3O4S. The maximum absolute atomic E-state index is 12.4. The Morgan fingerprint density at radius 2 is 1.97 bits per heavy atom. The summed E-state index contributed by atoms with van der Waals surface area (Å²) >= 11 is 1.35. The van der Waals surface area contributed by atoms with E-state index in [0.29, 0.717) is 22.3 Å². The van der Waals surface area contributed by atoms with Crippen LogP contribution in [0.4, 0.5) is 10.8 Å². The van der Waals surface area contributed by atoms with Gasteiger partial charge in [-0.15, -0.1) is 11.3 Å². The van der Waals surface area contributed by atoms with Gasteiger partial charge in [-0.05, 0) is 36.2 Å². The van der Waals surface area contributed by atoms with Crippen molar-refractivity contribution in [1.82, 2.24) is 4.98 Å². The molecule has 0 fully saturated rings. The minimum Gasteiger partial charge on any atom is -0.497 e. The van der Waals surface area contributed by atoms with E-state index in [1.54, 1.807) is 17.0 Å². The smallest absolute Gasteiger partial charge is 0.252 e. The molecule has 3 rings (SSSR count). The van der Waals surface area contributed by atoms with Crippen LogP contribution in [-0.4, -0.2) is 23.9 Å². The van der Waals surface area contributed by atoms with Gasteiger partial charge in [-0.25, -0.2) is 4.98 Å².